The van der Waals surface area contributed by atoms with Crippen LogP contribution in [0.3, 0.4) is 0 Å². The number of carbonyl (C=O) groups is 2. The average molecular weight is 386 g/mol. The van der Waals surface area contributed by atoms with Gasteiger partial charge < -0.3 is 15.5 Å². The van der Waals surface area contributed by atoms with Crippen molar-refractivity contribution in [1.29, 1.82) is 0 Å². The van der Waals surface area contributed by atoms with Gasteiger partial charge in [0.25, 0.3) is 0 Å². The van der Waals surface area contributed by atoms with Gasteiger partial charge in [0, 0.05) is 25.3 Å². The summed E-state index contributed by atoms with van der Waals surface area (Å²) in [5, 5.41) is 6.40. The molecule has 5 nitrogen and oxygen atoms in total. The van der Waals surface area contributed by atoms with Crippen LogP contribution in [0.25, 0.3) is 0 Å². The van der Waals surface area contributed by atoms with Crippen LogP contribution < -0.4 is 15.5 Å². The molecule has 2 N–H and O–H groups in total. The average Bonchev–Trinajstić information content (AvgIpc) is 2.60. The highest BCUT2D eigenvalue weighted by Crippen LogP contribution is 2.60. The zero-order valence-corrected chi connectivity index (χ0v) is 16.8. The van der Waals surface area contributed by atoms with E-state index in [1.807, 2.05) is 24.3 Å². The highest BCUT2D eigenvalue weighted by Gasteiger charge is 2.54. The van der Waals surface area contributed by atoms with Crippen molar-refractivity contribution in [2.24, 2.45) is 23.2 Å². The SMILES string of the molecule is CC(=O)N(C)c1ccc(NC(=S)NC(=O)C23CC4CC(CC(C4)C2)C3)cc1. The fraction of sp³-hybridized carbons (Fsp3) is 0.571. The number of hydrogen-bond donors (Lipinski definition) is 2. The van der Waals surface area contributed by atoms with Crippen LogP contribution in [0.2, 0.25) is 0 Å². The Balaban J connectivity index is 1.37. The Morgan fingerprint density at radius 1 is 1.04 bits per heavy atom. The standard InChI is InChI=1S/C21H27N3O2S/c1-13(25)24(2)18-5-3-17(4-6-18)22-20(27)23-19(26)21-10-14-7-15(11-21)9-16(8-14)12-21/h3-6,14-16H,7-12H2,1-2H3,(H2,22,23,26,27). The van der Waals surface area contributed by atoms with Gasteiger partial charge in [-0.15, -0.1) is 0 Å². The lowest BCUT2D eigenvalue weighted by molar-refractivity contribution is -0.144. The third-order valence-electron chi connectivity index (χ3n) is 6.73. The molecule has 1 aromatic rings. The van der Waals surface area contributed by atoms with Crippen LogP contribution >= 0.6 is 12.2 Å². The maximum Gasteiger partial charge on any atom is 0.232 e. The minimum absolute atomic E-state index is 0.0194. The maximum atomic E-state index is 13.0. The van der Waals surface area contributed by atoms with Gasteiger partial charge in [-0.3, -0.25) is 9.59 Å². The van der Waals surface area contributed by atoms with E-state index in [1.54, 1.807) is 11.9 Å². The van der Waals surface area contributed by atoms with Crippen LogP contribution in [-0.4, -0.2) is 24.0 Å². The fourth-order valence-electron chi connectivity index (χ4n) is 5.74. The van der Waals surface area contributed by atoms with E-state index >= 15 is 0 Å². The zero-order valence-electron chi connectivity index (χ0n) is 16.0. The van der Waals surface area contributed by atoms with Crippen molar-refractivity contribution < 1.29 is 9.59 Å². The molecule has 0 aliphatic heterocycles. The number of nitrogens with one attached hydrogen (secondary N) is 2. The molecule has 0 atom stereocenters. The summed E-state index contributed by atoms with van der Waals surface area (Å²) in [6, 6.07) is 7.43. The molecule has 4 aliphatic rings. The lowest BCUT2D eigenvalue weighted by Crippen LogP contribution is -2.55. The van der Waals surface area contributed by atoms with Gasteiger partial charge in [-0.2, -0.15) is 0 Å². The van der Waals surface area contributed by atoms with Crippen molar-refractivity contribution >= 4 is 40.5 Å². The molecule has 27 heavy (non-hydrogen) atoms. The van der Waals surface area contributed by atoms with Crippen LogP contribution in [0.5, 0.6) is 0 Å². The third kappa shape index (κ3) is 3.59. The number of thiocarbonyl (C=S) groups is 1. The Labute approximate surface area is 165 Å². The smallest absolute Gasteiger partial charge is 0.232 e. The van der Waals surface area contributed by atoms with Crippen molar-refractivity contribution in [3.63, 3.8) is 0 Å². The summed E-state index contributed by atoms with van der Waals surface area (Å²) < 4.78 is 0. The van der Waals surface area contributed by atoms with Crippen molar-refractivity contribution in [3.05, 3.63) is 24.3 Å². The molecule has 0 unspecified atom stereocenters. The van der Waals surface area contributed by atoms with Crippen LogP contribution in [0, 0.1) is 23.2 Å². The molecule has 6 heteroatoms. The summed E-state index contributed by atoms with van der Waals surface area (Å²) in [7, 11) is 1.74. The first kappa shape index (κ1) is 18.4. The Kier molecular flexibility index (Phi) is 4.70. The van der Waals surface area contributed by atoms with Crippen LogP contribution in [0.1, 0.15) is 45.4 Å². The minimum Gasteiger partial charge on any atom is -0.332 e. The highest BCUT2D eigenvalue weighted by atomic mass is 32.1. The predicted octanol–water partition coefficient (Wildman–Crippen LogP) is 3.70. The second kappa shape index (κ2) is 6.89. The van der Waals surface area contributed by atoms with E-state index in [2.05, 4.69) is 10.6 Å². The molecule has 0 spiro atoms. The Hall–Kier alpha value is -1.95. The molecular weight excluding hydrogens is 358 g/mol. The summed E-state index contributed by atoms with van der Waals surface area (Å²) >= 11 is 5.39. The molecule has 0 aromatic heterocycles. The summed E-state index contributed by atoms with van der Waals surface area (Å²) in [6.07, 6.45) is 7.03. The molecule has 4 fully saturated rings. The van der Waals surface area contributed by atoms with Gasteiger partial charge in [0.15, 0.2) is 5.11 Å². The fourth-order valence-corrected chi connectivity index (χ4v) is 5.95. The molecule has 144 valence electrons. The molecule has 4 bridgehead atoms. The summed E-state index contributed by atoms with van der Waals surface area (Å²) in [5.41, 5.74) is 1.41. The van der Waals surface area contributed by atoms with Gasteiger partial charge in [0.1, 0.15) is 0 Å². The molecular formula is C21H27N3O2S. The number of carbonyl (C=O) groups excluding carboxylic acids is 2. The summed E-state index contributed by atoms with van der Waals surface area (Å²) in [4.78, 5) is 26.0. The van der Waals surface area contributed by atoms with E-state index in [0.29, 0.717) is 5.11 Å². The van der Waals surface area contributed by atoms with E-state index in [-0.39, 0.29) is 17.2 Å². The van der Waals surface area contributed by atoms with E-state index in [9.17, 15) is 9.59 Å². The van der Waals surface area contributed by atoms with E-state index < -0.39 is 0 Å². The number of amides is 2. The van der Waals surface area contributed by atoms with E-state index in [4.69, 9.17) is 12.2 Å². The van der Waals surface area contributed by atoms with Gasteiger partial charge in [-0.25, -0.2) is 0 Å². The first-order valence-corrected chi connectivity index (χ1v) is 10.2. The lowest BCUT2D eigenvalue weighted by atomic mass is 9.49. The zero-order chi connectivity index (χ0) is 19.2. The van der Waals surface area contributed by atoms with Crippen molar-refractivity contribution in [2.75, 3.05) is 17.3 Å². The molecule has 0 saturated heterocycles. The Morgan fingerprint density at radius 2 is 1.56 bits per heavy atom. The van der Waals surface area contributed by atoms with Crippen molar-refractivity contribution in [1.82, 2.24) is 5.32 Å². The van der Waals surface area contributed by atoms with Gasteiger partial charge in [-0.1, -0.05) is 0 Å². The monoisotopic (exact) mass is 385 g/mol. The normalized spacial score (nSPS) is 30.7. The van der Waals surface area contributed by atoms with E-state index in [1.165, 1.54) is 26.2 Å². The third-order valence-corrected chi connectivity index (χ3v) is 6.94. The largest absolute Gasteiger partial charge is 0.332 e. The maximum absolute atomic E-state index is 13.0. The van der Waals surface area contributed by atoms with Crippen LogP contribution in [0.15, 0.2) is 24.3 Å². The molecule has 1 aromatic carbocycles. The van der Waals surface area contributed by atoms with Gasteiger partial charge >= 0.3 is 0 Å². The van der Waals surface area contributed by atoms with Crippen LogP contribution in [-0.2, 0) is 9.59 Å². The van der Waals surface area contributed by atoms with Gasteiger partial charge in [-0.05, 0) is 92.8 Å². The van der Waals surface area contributed by atoms with Crippen molar-refractivity contribution in [3.8, 4) is 0 Å². The summed E-state index contributed by atoms with van der Waals surface area (Å²) in [5.74, 6) is 2.28. The minimum atomic E-state index is -0.200. The number of nitrogens with zero attached hydrogens (tertiary/aromatic N) is 1. The summed E-state index contributed by atoms with van der Waals surface area (Å²) in [6.45, 7) is 1.53. The van der Waals surface area contributed by atoms with Crippen molar-refractivity contribution in [2.45, 2.75) is 45.4 Å². The molecule has 5 rings (SSSR count). The highest BCUT2D eigenvalue weighted by molar-refractivity contribution is 7.80. The first-order chi connectivity index (χ1) is 12.8. The molecule has 0 radical (unpaired) electrons. The second-order valence-electron chi connectivity index (χ2n) is 8.73. The van der Waals surface area contributed by atoms with Crippen LogP contribution in [0.4, 0.5) is 11.4 Å². The number of rotatable bonds is 3. The molecule has 0 heterocycles. The molecule has 2 amide bonds. The van der Waals surface area contributed by atoms with Gasteiger partial charge in [0.05, 0.1) is 5.41 Å². The Morgan fingerprint density at radius 3 is 2.04 bits per heavy atom. The topological polar surface area (TPSA) is 61.4 Å². The predicted molar refractivity (Wildman–Crippen MR) is 110 cm³/mol. The molecule has 4 aliphatic carbocycles. The Bertz CT molecular complexity index is 739. The van der Waals surface area contributed by atoms with E-state index in [0.717, 1.165) is 48.4 Å². The molecule has 4 saturated carbocycles. The second-order valence-corrected chi connectivity index (χ2v) is 9.14. The number of hydrogen-bond acceptors (Lipinski definition) is 3. The van der Waals surface area contributed by atoms with Gasteiger partial charge in [0.2, 0.25) is 11.8 Å². The number of anilines is 2. The number of benzene rings is 1. The first-order valence-electron chi connectivity index (χ1n) is 9.81. The quantitative estimate of drug-likeness (QED) is 0.779. The lowest BCUT2D eigenvalue weighted by Gasteiger charge is -2.55.